The highest BCUT2D eigenvalue weighted by molar-refractivity contribution is 7.98. The first kappa shape index (κ1) is 22.2. The van der Waals surface area contributed by atoms with E-state index in [-0.39, 0.29) is 12.5 Å². The standard InChI is InChI=1S/C20H28N2O5S/c1-3-27-20(26)16(13-28-12-15-8-5-4-6-9-15)21-14(2)18(23)22-11-7-10-17(22)19(24)25/h4-6,8-9,14,16-17,21H,3,7,10-13H2,1-2H3,(H,24,25)/t14-,16?,17-/m0/s1. The van der Waals surface area contributed by atoms with Crippen molar-refractivity contribution in [3.63, 3.8) is 0 Å². The van der Waals surface area contributed by atoms with Gasteiger partial charge in [-0.3, -0.25) is 14.9 Å². The van der Waals surface area contributed by atoms with Crippen LogP contribution in [0.25, 0.3) is 0 Å². The van der Waals surface area contributed by atoms with E-state index in [2.05, 4.69) is 5.32 Å². The van der Waals surface area contributed by atoms with Crippen molar-refractivity contribution in [3.8, 4) is 0 Å². The van der Waals surface area contributed by atoms with E-state index in [0.717, 1.165) is 11.3 Å². The lowest BCUT2D eigenvalue weighted by molar-refractivity contribution is -0.150. The van der Waals surface area contributed by atoms with Crippen molar-refractivity contribution < 1.29 is 24.2 Å². The summed E-state index contributed by atoms with van der Waals surface area (Å²) in [6, 6.07) is 7.82. The van der Waals surface area contributed by atoms with Crippen molar-refractivity contribution in [2.75, 3.05) is 18.9 Å². The summed E-state index contributed by atoms with van der Waals surface area (Å²) < 4.78 is 5.14. The molecule has 7 nitrogen and oxygen atoms in total. The van der Waals surface area contributed by atoms with Gasteiger partial charge in [0.05, 0.1) is 12.6 Å². The Morgan fingerprint density at radius 2 is 2.04 bits per heavy atom. The Morgan fingerprint density at radius 1 is 1.32 bits per heavy atom. The Labute approximate surface area is 169 Å². The number of thioether (sulfide) groups is 1. The molecule has 3 atom stereocenters. The van der Waals surface area contributed by atoms with Crippen molar-refractivity contribution in [1.82, 2.24) is 10.2 Å². The molecule has 1 heterocycles. The van der Waals surface area contributed by atoms with Crippen LogP contribution in [0.4, 0.5) is 0 Å². The molecule has 1 aliphatic rings. The number of nitrogens with one attached hydrogen (secondary N) is 1. The predicted molar refractivity (Wildman–Crippen MR) is 108 cm³/mol. The average Bonchev–Trinajstić information content (AvgIpc) is 3.17. The van der Waals surface area contributed by atoms with Gasteiger partial charge < -0.3 is 14.7 Å². The third kappa shape index (κ3) is 6.24. The summed E-state index contributed by atoms with van der Waals surface area (Å²) in [6.07, 6.45) is 1.13. The van der Waals surface area contributed by atoms with E-state index in [1.807, 2.05) is 30.3 Å². The van der Waals surface area contributed by atoms with Crippen LogP contribution in [0.2, 0.25) is 0 Å². The van der Waals surface area contributed by atoms with Crippen LogP contribution in [0.1, 0.15) is 32.3 Å². The van der Waals surface area contributed by atoms with Crippen molar-refractivity contribution in [2.45, 2.75) is 50.6 Å². The Balaban J connectivity index is 1.95. The molecule has 0 saturated carbocycles. The molecule has 0 bridgehead atoms. The minimum absolute atomic E-state index is 0.260. The molecule has 1 amide bonds. The highest BCUT2D eigenvalue weighted by Gasteiger charge is 2.37. The van der Waals surface area contributed by atoms with Crippen molar-refractivity contribution >= 4 is 29.6 Å². The van der Waals surface area contributed by atoms with E-state index in [9.17, 15) is 19.5 Å². The van der Waals surface area contributed by atoms with Crippen LogP contribution in [0.3, 0.4) is 0 Å². The summed E-state index contributed by atoms with van der Waals surface area (Å²) in [4.78, 5) is 37.8. The number of rotatable bonds is 10. The minimum Gasteiger partial charge on any atom is -0.480 e. The fourth-order valence-electron chi connectivity index (χ4n) is 3.20. The van der Waals surface area contributed by atoms with E-state index in [4.69, 9.17) is 4.74 Å². The summed E-state index contributed by atoms with van der Waals surface area (Å²) in [6.45, 7) is 4.08. The van der Waals surface area contributed by atoms with Crippen molar-refractivity contribution in [3.05, 3.63) is 35.9 Å². The van der Waals surface area contributed by atoms with Gasteiger partial charge in [0.2, 0.25) is 5.91 Å². The Bertz CT molecular complexity index is 670. The summed E-state index contributed by atoms with van der Waals surface area (Å²) in [5.41, 5.74) is 1.15. The van der Waals surface area contributed by atoms with E-state index in [1.54, 1.807) is 25.6 Å². The second-order valence-corrected chi connectivity index (χ2v) is 7.75. The molecule has 1 saturated heterocycles. The van der Waals surface area contributed by atoms with E-state index < -0.39 is 30.1 Å². The number of carboxylic acids is 1. The van der Waals surface area contributed by atoms with Crippen LogP contribution in [0, 0.1) is 0 Å². The SMILES string of the molecule is CCOC(=O)C(CSCc1ccccc1)N[C@@H](C)C(=O)N1CCC[C@H]1C(=O)O. The van der Waals surface area contributed by atoms with Gasteiger partial charge in [0.1, 0.15) is 12.1 Å². The molecule has 154 valence electrons. The number of likely N-dealkylation sites (tertiary alicyclic amines) is 1. The van der Waals surface area contributed by atoms with Gasteiger partial charge in [-0.15, -0.1) is 0 Å². The molecule has 1 unspecified atom stereocenters. The first-order valence-corrected chi connectivity index (χ1v) is 10.7. The number of hydrogen-bond donors (Lipinski definition) is 2. The highest BCUT2D eigenvalue weighted by Crippen LogP contribution is 2.19. The molecule has 0 spiro atoms. The minimum atomic E-state index is -0.988. The van der Waals surface area contributed by atoms with Gasteiger partial charge in [-0.25, -0.2) is 4.79 Å². The van der Waals surface area contributed by atoms with E-state index in [0.29, 0.717) is 25.1 Å². The number of nitrogens with zero attached hydrogens (tertiary/aromatic N) is 1. The van der Waals surface area contributed by atoms with Crippen LogP contribution in [-0.2, 0) is 24.9 Å². The zero-order valence-electron chi connectivity index (χ0n) is 16.3. The lowest BCUT2D eigenvalue weighted by Gasteiger charge is -2.27. The van der Waals surface area contributed by atoms with E-state index >= 15 is 0 Å². The summed E-state index contributed by atoms with van der Waals surface area (Å²) in [5, 5.41) is 12.3. The maximum absolute atomic E-state index is 12.7. The highest BCUT2D eigenvalue weighted by atomic mass is 32.2. The normalized spacial score (nSPS) is 18.5. The fraction of sp³-hybridized carbons (Fsp3) is 0.550. The predicted octanol–water partition coefficient (Wildman–Crippen LogP) is 1.91. The summed E-state index contributed by atoms with van der Waals surface area (Å²) >= 11 is 1.58. The van der Waals surface area contributed by atoms with Crippen LogP contribution in [-0.4, -0.2) is 64.9 Å². The number of amides is 1. The largest absolute Gasteiger partial charge is 0.480 e. The van der Waals surface area contributed by atoms with Crippen molar-refractivity contribution in [2.24, 2.45) is 0 Å². The first-order chi connectivity index (χ1) is 13.4. The molecule has 8 heteroatoms. The molecular formula is C20H28N2O5S. The van der Waals surface area contributed by atoms with Crippen molar-refractivity contribution in [1.29, 1.82) is 0 Å². The molecular weight excluding hydrogens is 380 g/mol. The average molecular weight is 409 g/mol. The quantitative estimate of drug-likeness (QED) is 0.571. The number of hydrogen-bond acceptors (Lipinski definition) is 6. The van der Waals surface area contributed by atoms with E-state index in [1.165, 1.54) is 4.90 Å². The molecule has 2 rings (SSSR count). The van der Waals surface area contributed by atoms with Gasteiger partial charge in [-0.2, -0.15) is 11.8 Å². The monoisotopic (exact) mass is 408 g/mol. The Morgan fingerprint density at radius 3 is 2.68 bits per heavy atom. The Kier molecular flexibility index (Phi) is 8.79. The lowest BCUT2D eigenvalue weighted by atomic mass is 10.2. The lowest BCUT2D eigenvalue weighted by Crippen LogP contribution is -2.54. The summed E-state index contributed by atoms with van der Waals surface area (Å²) in [5.74, 6) is -0.494. The molecule has 1 aromatic carbocycles. The third-order valence-corrected chi connectivity index (χ3v) is 5.72. The second-order valence-electron chi connectivity index (χ2n) is 6.72. The van der Waals surface area contributed by atoms with Gasteiger partial charge >= 0.3 is 11.9 Å². The zero-order chi connectivity index (χ0) is 20.5. The first-order valence-electron chi connectivity index (χ1n) is 9.51. The third-order valence-electron chi connectivity index (χ3n) is 4.61. The molecule has 0 aromatic heterocycles. The molecule has 0 radical (unpaired) electrons. The zero-order valence-corrected chi connectivity index (χ0v) is 17.1. The number of esters is 1. The van der Waals surface area contributed by atoms with Gasteiger partial charge in [-0.05, 0) is 32.3 Å². The van der Waals surface area contributed by atoms with Gasteiger partial charge in [0, 0.05) is 18.1 Å². The smallest absolute Gasteiger partial charge is 0.326 e. The fourth-order valence-corrected chi connectivity index (χ4v) is 4.22. The molecule has 1 fully saturated rings. The van der Waals surface area contributed by atoms with Gasteiger partial charge in [-0.1, -0.05) is 30.3 Å². The molecule has 2 N–H and O–H groups in total. The van der Waals surface area contributed by atoms with Crippen LogP contribution >= 0.6 is 11.8 Å². The molecule has 0 aliphatic carbocycles. The summed E-state index contributed by atoms with van der Waals surface area (Å²) in [7, 11) is 0. The maximum atomic E-state index is 12.7. The topological polar surface area (TPSA) is 95.9 Å². The number of carboxylic acid groups (broad SMARTS) is 1. The van der Waals surface area contributed by atoms with Gasteiger partial charge in [0.25, 0.3) is 0 Å². The molecule has 1 aromatic rings. The molecule has 28 heavy (non-hydrogen) atoms. The van der Waals surface area contributed by atoms with Crippen LogP contribution < -0.4 is 5.32 Å². The molecule has 1 aliphatic heterocycles. The second kappa shape index (κ2) is 11.1. The number of benzene rings is 1. The number of carbonyl (C=O) groups excluding carboxylic acids is 2. The number of aliphatic carboxylic acids is 1. The van der Waals surface area contributed by atoms with Gasteiger partial charge in [0.15, 0.2) is 0 Å². The van der Waals surface area contributed by atoms with Crippen LogP contribution in [0.15, 0.2) is 30.3 Å². The van der Waals surface area contributed by atoms with Crippen LogP contribution in [0.5, 0.6) is 0 Å². The Hall–Kier alpha value is -2.06. The number of ether oxygens (including phenoxy) is 1. The maximum Gasteiger partial charge on any atom is 0.326 e. The number of carbonyl (C=O) groups is 3.